The minimum Gasteiger partial charge on any atom is -0.361 e. The van der Waals surface area contributed by atoms with Crippen LogP contribution in [0.15, 0.2) is 9.90 Å². The molecule has 0 fully saturated rings. The van der Waals surface area contributed by atoms with E-state index in [1.807, 2.05) is 6.92 Å². The monoisotopic (exact) mass is 342 g/mol. The predicted molar refractivity (Wildman–Crippen MR) is 82.9 cm³/mol. The molecule has 2 aromatic heterocycles. The van der Waals surface area contributed by atoms with Crippen molar-refractivity contribution < 1.29 is 12.9 Å². The van der Waals surface area contributed by atoms with Crippen molar-refractivity contribution in [2.45, 2.75) is 33.0 Å². The highest BCUT2D eigenvalue weighted by Crippen LogP contribution is 2.24. The molecule has 0 atom stereocenters. The fraction of sp³-hybridized carbons (Fsp3) is 0.538. The molecule has 0 unspecified atom stereocenters. The first-order valence-corrected chi connectivity index (χ1v) is 9.72. The average molecular weight is 342 g/mol. The number of fused-ring (bicyclic) bond motifs is 1. The number of hydrogen-bond donors (Lipinski definition) is 1. The molecule has 9 heteroatoms. The van der Waals surface area contributed by atoms with Crippen LogP contribution >= 0.6 is 11.3 Å². The number of nitrogens with zero attached hydrogens (tertiary/aromatic N) is 3. The maximum absolute atomic E-state index is 11.2. The molecule has 1 aliphatic rings. The molecule has 0 saturated carbocycles. The molecule has 120 valence electrons. The second-order valence-corrected chi connectivity index (χ2v) is 8.34. The lowest BCUT2D eigenvalue weighted by atomic mass is 10.1. The van der Waals surface area contributed by atoms with E-state index in [-0.39, 0.29) is 6.54 Å². The van der Waals surface area contributed by atoms with Gasteiger partial charge >= 0.3 is 0 Å². The van der Waals surface area contributed by atoms with Gasteiger partial charge in [-0.05, 0) is 6.92 Å². The minimum absolute atomic E-state index is 0.168. The summed E-state index contributed by atoms with van der Waals surface area (Å²) in [6.07, 6.45) is 1.92. The third-order valence-electron chi connectivity index (χ3n) is 3.54. The number of sulfonamides is 1. The van der Waals surface area contributed by atoms with Gasteiger partial charge in [0.25, 0.3) is 0 Å². The summed E-state index contributed by atoms with van der Waals surface area (Å²) in [4.78, 5) is 6.76. The Morgan fingerprint density at radius 3 is 3.00 bits per heavy atom. The summed E-state index contributed by atoms with van der Waals surface area (Å²) >= 11 is 1.65. The van der Waals surface area contributed by atoms with Crippen molar-refractivity contribution in [1.29, 1.82) is 0 Å². The van der Waals surface area contributed by atoms with Gasteiger partial charge in [-0.15, -0.1) is 11.3 Å². The van der Waals surface area contributed by atoms with Crippen molar-refractivity contribution in [2.24, 2.45) is 0 Å². The maximum atomic E-state index is 11.2. The number of rotatable bonds is 5. The summed E-state index contributed by atoms with van der Waals surface area (Å²) in [5.74, 6) is 0.857. The van der Waals surface area contributed by atoms with E-state index in [1.54, 1.807) is 11.3 Å². The van der Waals surface area contributed by atoms with Gasteiger partial charge in [0.2, 0.25) is 10.0 Å². The van der Waals surface area contributed by atoms with E-state index in [1.165, 1.54) is 0 Å². The highest BCUT2D eigenvalue weighted by molar-refractivity contribution is 7.88. The lowest BCUT2D eigenvalue weighted by Gasteiger charge is -2.25. The summed E-state index contributed by atoms with van der Waals surface area (Å²) in [5.41, 5.74) is 2.73. The highest BCUT2D eigenvalue weighted by Gasteiger charge is 2.24. The van der Waals surface area contributed by atoms with Crippen molar-refractivity contribution in [1.82, 2.24) is 19.8 Å². The second-order valence-electron chi connectivity index (χ2n) is 5.44. The first kappa shape index (κ1) is 15.6. The fourth-order valence-corrected chi connectivity index (χ4v) is 3.51. The zero-order chi connectivity index (χ0) is 15.7. The van der Waals surface area contributed by atoms with E-state index < -0.39 is 10.0 Å². The molecule has 0 aromatic carbocycles. The molecule has 1 aliphatic heterocycles. The number of nitrogens with one attached hydrogen (secondary N) is 1. The highest BCUT2D eigenvalue weighted by atomic mass is 32.2. The van der Waals surface area contributed by atoms with E-state index in [9.17, 15) is 8.42 Å². The quantitative estimate of drug-likeness (QED) is 0.874. The molecule has 0 saturated heterocycles. The van der Waals surface area contributed by atoms with Gasteiger partial charge in [-0.2, -0.15) is 0 Å². The molecular formula is C13H18N4O3S2. The zero-order valence-electron chi connectivity index (χ0n) is 12.5. The van der Waals surface area contributed by atoms with Gasteiger partial charge < -0.3 is 4.52 Å². The Kier molecular flexibility index (Phi) is 4.31. The van der Waals surface area contributed by atoms with E-state index in [0.29, 0.717) is 12.2 Å². The van der Waals surface area contributed by atoms with Crippen molar-refractivity contribution in [2.75, 3.05) is 12.8 Å². The summed E-state index contributed by atoms with van der Waals surface area (Å²) in [5, 5.41) is 7.14. The molecule has 0 radical (unpaired) electrons. The van der Waals surface area contributed by atoms with Crippen LogP contribution in [0.25, 0.3) is 0 Å². The van der Waals surface area contributed by atoms with E-state index >= 15 is 0 Å². The van der Waals surface area contributed by atoms with Crippen molar-refractivity contribution in [3.8, 4) is 0 Å². The molecule has 0 aliphatic carbocycles. The molecule has 7 nitrogen and oxygen atoms in total. The molecule has 1 N–H and O–H groups in total. The second kappa shape index (κ2) is 6.07. The van der Waals surface area contributed by atoms with Gasteiger partial charge in [0.15, 0.2) is 0 Å². The maximum Gasteiger partial charge on any atom is 0.209 e. The number of aryl methyl sites for hydroxylation is 1. The van der Waals surface area contributed by atoms with Gasteiger partial charge in [0.05, 0.1) is 23.5 Å². The molecule has 2 aromatic rings. The van der Waals surface area contributed by atoms with Crippen LogP contribution in [0.2, 0.25) is 0 Å². The lowest BCUT2D eigenvalue weighted by molar-refractivity contribution is 0.226. The smallest absolute Gasteiger partial charge is 0.209 e. The van der Waals surface area contributed by atoms with Crippen LogP contribution in [0.1, 0.15) is 27.7 Å². The van der Waals surface area contributed by atoms with Crippen LogP contribution in [0, 0.1) is 6.92 Å². The Morgan fingerprint density at radius 1 is 1.50 bits per heavy atom. The molecule has 22 heavy (non-hydrogen) atoms. The normalized spacial score (nSPS) is 15.9. The third kappa shape index (κ3) is 3.72. The molecule has 0 spiro atoms. The van der Waals surface area contributed by atoms with E-state index in [2.05, 4.69) is 25.1 Å². The minimum atomic E-state index is -3.24. The molecule has 3 heterocycles. The predicted octanol–water partition coefficient (Wildman–Crippen LogP) is 1.05. The fourth-order valence-electron chi connectivity index (χ4n) is 2.50. The summed E-state index contributed by atoms with van der Waals surface area (Å²) in [6, 6.07) is 0. The number of aromatic nitrogens is 2. The molecule has 0 bridgehead atoms. The summed E-state index contributed by atoms with van der Waals surface area (Å²) in [7, 11) is -3.24. The van der Waals surface area contributed by atoms with Crippen LogP contribution < -0.4 is 4.72 Å². The third-order valence-corrected chi connectivity index (χ3v) is 5.03. The Morgan fingerprint density at radius 2 is 2.32 bits per heavy atom. The Balaban J connectivity index is 1.70. The number of thiazole rings is 1. The van der Waals surface area contributed by atoms with E-state index in [0.717, 1.165) is 47.8 Å². The topological polar surface area (TPSA) is 88.3 Å². The molecular weight excluding hydrogens is 324 g/mol. The Labute approximate surface area is 133 Å². The standard InChI is InChI=1S/C13H18N4O3S2/c1-9-15-10(8-21-9)6-17-4-3-13-11(7-17)12(16-20-13)5-14-22(2,18)19/h8,14H,3-7H2,1-2H3. The van der Waals surface area contributed by atoms with Gasteiger partial charge in [-0.3, -0.25) is 4.90 Å². The van der Waals surface area contributed by atoms with Gasteiger partial charge in [-0.1, -0.05) is 5.16 Å². The SMILES string of the molecule is Cc1nc(CN2CCc3onc(CNS(C)(=O)=O)c3C2)cs1. The summed E-state index contributed by atoms with van der Waals surface area (Å²) < 4.78 is 30.2. The van der Waals surface area contributed by atoms with E-state index in [4.69, 9.17) is 4.52 Å². The van der Waals surface area contributed by atoms with Crippen LogP contribution in [0.3, 0.4) is 0 Å². The van der Waals surface area contributed by atoms with Crippen LogP contribution in [-0.2, 0) is 36.1 Å². The molecule has 0 amide bonds. The average Bonchev–Trinajstić information content (AvgIpc) is 3.02. The first-order valence-electron chi connectivity index (χ1n) is 6.95. The number of hydrogen-bond acceptors (Lipinski definition) is 7. The van der Waals surface area contributed by atoms with Gasteiger partial charge in [0.1, 0.15) is 11.5 Å². The van der Waals surface area contributed by atoms with Crippen LogP contribution in [0.4, 0.5) is 0 Å². The van der Waals surface area contributed by atoms with Gasteiger partial charge in [-0.25, -0.2) is 18.1 Å². The summed E-state index contributed by atoms with van der Waals surface area (Å²) in [6.45, 7) is 4.54. The zero-order valence-corrected chi connectivity index (χ0v) is 14.1. The lowest BCUT2D eigenvalue weighted by Crippen LogP contribution is -2.31. The van der Waals surface area contributed by atoms with Crippen LogP contribution in [0.5, 0.6) is 0 Å². The largest absolute Gasteiger partial charge is 0.361 e. The van der Waals surface area contributed by atoms with Crippen LogP contribution in [-0.4, -0.2) is 36.3 Å². The Hall–Kier alpha value is -1.29. The first-order chi connectivity index (χ1) is 10.4. The van der Waals surface area contributed by atoms with Crippen molar-refractivity contribution >= 4 is 21.4 Å². The van der Waals surface area contributed by atoms with Gasteiger partial charge in [0, 0.05) is 37.0 Å². The van der Waals surface area contributed by atoms with Crippen molar-refractivity contribution in [3.05, 3.63) is 33.1 Å². The van der Waals surface area contributed by atoms with Crippen molar-refractivity contribution in [3.63, 3.8) is 0 Å². The Bertz CT molecular complexity index is 766. The molecule has 3 rings (SSSR count).